The number of methoxy groups -OCH3 is 1. The van der Waals surface area contributed by atoms with E-state index in [0.29, 0.717) is 30.5 Å². The summed E-state index contributed by atoms with van der Waals surface area (Å²) in [6.45, 7) is 2.20. The molecule has 2 N–H and O–H groups in total. The molecule has 0 radical (unpaired) electrons. The highest BCUT2D eigenvalue weighted by atomic mass is 35.5. The molecule has 2 aromatic rings. The van der Waals surface area contributed by atoms with Crippen LogP contribution in [0.1, 0.15) is 18.4 Å². The van der Waals surface area contributed by atoms with Crippen molar-refractivity contribution in [3.63, 3.8) is 0 Å². The minimum atomic E-state index is -0.123. The van der Waals surface area contributed by atoms with Crippen molar-refractivity contribution in [3.8, 4) is 5.75 Å². The quantitative estimate of drug-likeness (QED) is 0.725. The maximum Gasteiger partial charge on any atom is 0.239 e. The van der Waals surface area contributed by atoms with Gasteiger partial charge in [-0.25, -0.2) is 4.98 Å². The van der Waals surface area contributed by atoms with Crippen molar-refractivity contribution in [3.05, 3.63) is 53.2 Å². The number of nitrogens with zero attached hydrogens (tertiary/aromatic N) is 2. The van der Waals surface area contributed by atoms with Crippen LogP contribution >= 0.6 is 11.6 Å². The number of rotatable bonds is 7. The van der Waals surface area contributed by atoms with Gasteiger partial charge in [-0.3, -0.25) is 14.5 Å². The highest BCUT2D eigenvalue weighted by Gasteiger charge is 2.25. The van der Waals surface area contributed by atoms with Crippen LogP contribution in [0.15, 0.2) is 42.6 Å². The summed E-state index contributed by atoms with van der Waals surface area (Å²) in [4.78, 5) is 30.7. The van der Waals surface area contributed by atoms with E-state index in [1.165, 1.54) is 6.20 Å². The average Bonchev–Trinajstić information content (AvgIpc) is 2.74. The number of hydrogen-bond donors (Lipinski definition) is 2. The molecule has 2 heterocycles. The lowest BCUT2D eigenvalue weighted by atomic mass is 9.96. The van der Waals surface area contributed by atoms with E-state index in [2.05, 4.69) is 20.5 Å². The summed E-state index contributed by atoms with van der Waals surface area (Å²) in [7, 11) is 1.63. The third-order valence-corrected chi connectivity index (χ3v) is 5.17. The number of pyridine rings is 1. The van der Waals surface area contributed by atoms with Crippen LogP contribution in [0.4, 0.5) is 5.82 Å². The van der Waals surface area contributed by atoms with Crippen molar-refractivity contribution in [1.82, 2.24) is 15.2 Å². The molecule has 1 saturated heterocycles. The number of likely N-dealkylation sites (tertiary alicyclic amines) is 1. The molecular weight excluding hydrogens is 392 g/mol. The first-order valence-corrected chi connectivity index (χ1v) is 9.95. The Morgan fingerprint density at radius 2 is 1.90 bits per heavy atom. The van der Waals surface area contributed by atoms with Crippen molar-refractivity contribution < 1.29 is 14.3 Å². The van der Waals surface area contributed by atoms with E-state index < -0.39 is 0 Å². The normalized spacial score (nSPS) is 15.0. The Labute approximate surface area is 175 Å². The lowest BCUT2D eigenvalue weighted by molar-refractivity contribution is -0.126. The minimum Gasteiger partial charge on any atom is -0.497 e. The summed E-state index contributed by atoms with van der Waals surface area (Å²) >= 11 is 5.79. The number of anilines is 1. The summed E-state index contributed by atoms with van der Waals surface area (Å²) in [5, 5.41) is 6.28. The van der Waals surface area contributed by atoms with Gasteiger partial charge in [0, 0.05) is 18.7 Å². The number of nitrogens with one attached hydrogen (secondary N) is 2. The Morgan fingerprint density at radius 1 is 1.17 bits per heavy atom. The first-order chi connectivity index (χ1) is 14.0. The van der Waals surface area contributed by atoms with Gasteiger partial charge in [0.05, 0.1) is 18.7 Å². The monoisotopic (exact) mass is 416 g/mol. The zero-order valence-electron chi connectivity index (χ0n) is 16.4. The minimum absolute atomic E-state index is 0.0227. The summed E-state index contributed by atoms with van der Waals surface area (Å²) in [5.74, 6) is 1.19. The number of amides is 2. The highest BCUT2D eigenvalue weighted by Crippen LogP contribution is 2.18. The van der Waals surface area contributed by atoms with Crippen molar-refractivity contribution in [2.24, 2.45) is 5.92 Å². The number of ether oxygens (including phenoxy) is 1. The molecule has 1 fully saturated rings. The van der Waals surface area contributed by atoms with E-state index in [9.17, 15) is 9.59 Å². The van der Waals surface area contributed by atoms with Crippen LogP contribution < -0.4 is 15.4 Å². The summed E-state index contributed by atoms with van der Waals surface area (Å²) in [6, 6.07) is 11.0. The molecule has 0 atom stereocenters. The largest absolute Gasteiger partial charge is 0.497 e. The van der Waals surface area contributed by atoms with Crippen LogP contribution in [-0.4, -0.2) is 48.4 Å². The van der Waals surface area contributed by atoms with Gasteiger partial charge in [0.2, 0.25) is 11.8 Å². The van der Waals surface area contributed by atoms with Crippen LogP contribution in [-0.2, 0) is 16.1 Å². The third-order valence-electron chi connectivity index (χ3n) is 4.95. The van der Waals surface area contributed by atoms with Gasteiger partial charge < -0.3 is 15.4 Å². The molecular formula is C21H25ClN4O3. The predicted octanol–water partition coefficient (Wildman–Crippen LogP) is 2.71. The fourth-order valence-electron chi connectivity index (χ4n) is 3.27. The predicted molar refractivity (Wildman–Crippen MR) is 112 cm³/mol. The zero-order chi connectivity index (χ0) is 20.6. The van der Waals surface area contributed by atoms with Crippen LogP contribution in [0.25, 0.3) is 0 Å². The first-order valence-electron chi connectivity index (χ1n) is 9.58. The molecule has 154 valence electrons. The molecule has 0 bridgehead atoms. The number of carbonyl (C=O) groups is 2. The number of carbonyl (C=O) groups excluding carboxylic acids is 2. The van der Waals surface area contributed by atoms with Gasteiger partial charge in [0.15, 0.2) is 0 Å². The second-order valence-corrected chi connectivity index (χ2v) is 7.46. The first kappa shape index (κ1) is 21.1. The molecule has 1 aromatic heterocycles. The summed E-state index contributed by atoms with van der Waals surface area (Å²) < 4.78 is 5.14. The van der Waals surface area contributed by atoms with E-state index in [0.717, 1.165) is 24.2 Å². The van der Waals surface area contributed by atoms with Gasteiger partial charge in [-0.1, -0.05) is 23.7 Å². The van der Waals surface area contributed by atoms with Gasteiger partial charge in [-0.05, 0) is 55.8 Å². The summed E-state index contributed by atoms with van der Waals surface area (Å²) in [6.07, 6.45) is 2.97. The van der Waals surface area contributed by atoms with Crippen molar-refractivity contribution in [2.75, 3.05) is 32.1 Å². The molecule has 1 aliphatic rings. The smallest absolute Gasteiger partial charge is 0.239 e. The number of benzene rings is 1. The van der Waals surface area contributed by atoms with Crippen LogP contribution in [0.3, 0.4) is 0 Å². The van der Waals surface area contributed by atoms with E-state index in [1.54, 1.807) is 19.2 Å². The van der Waals surface area contributed by atoms with E-state index in [-0.39, 0.29) is 24.3 Å². The molecule has 0 unspecified atom stereocenters. The molecule has 7 nitrogen and oxygen atoms in total. The van der Waals surface area contributed by atoms with Gasteiger partial charge in [0.1, 0.15) is 11.6 Å². The maximum atomic E-state index is 12.4. The van der Waals surface area contributed by atoms with Crippen molar-refractivity contribution in [2.45, 2.75) is 19.4 Å². The maximum absolute atomic E-state index is 12.4. The fourth-order valence-corrected chi connectivity index (χ4v) is 3.38. The lowest BCUT2D eigenvalue weighted by Gasteiger charge is -2.30. The molecule has 1 aromatic carbocycles. The number of piperidine rings is 1. The molecule has 8 heteroatoms. The Balaban J connectivity index is 1.38. The molecule has 0 aliphatic carbocycles. The zero-order valence-corrected chi connectivity index (χ0v) is 17.1. The molecule has 0 saturated carbocycles. The number of hydrogen-bond acceptors (Lipinski definition) is 5. The van der Waals surface area contributed by atoms with Gasteiger partial charge >= 0.3 is 0 Å². The fraction of sp³-hybridized carbons (Fsp3) is 0.381. The Kier molecular flexibility index (Phi) is 7.43. The van der Waals surface area contributed by atoms with Crippen LogP contribution in [0.2, 0.25) is 5.02 Å². The number of aromatic nitrogens is 1. The van der Waals surface area contributed by atoms with E-state index in [1.807, 2.05) is 24.3 Å². The van der Waals surface area contributed by atoms with Gasteiger partial charge in [-0.15, -0.1) is 0 Å². The third kappa shape index (κ3) is 6.44. The van der Waals surface area contributed by atoms with Gasteiger partial charge in [0.25, 0.3) is 0 Å². The topological polar surface area (TPSA) is 83.6 Å². The van der Waals surface area contributed by atoms with Crippen LogP contribution in [0, 0.1) is 5.92 Å². The number of halogens is 1. The molecule has 0 spiro atoms. The average molecular weight is 417 g/mol. The molecule has 3 rings (SSSR count). The Hall–Kier alpha value is -2.64. The van der Waals surface area contributed by atoms with Crippen molar-refractivity contribution in [1.29, 1.82) is 0 Å². The molecule has 29 heavy (non-hydrogen) atoms. The van der Waals surface area contributed by atoms with Crippen LogP contribution in [0.5, 0.6) is 5.75 Å². The highest BCUT2D eigenvalue weighted by molar-refractivity contribution is 6.30. The molecule has 1 aliphatic heterocycles. The standard InChI is InChI=1S/C21H25ClN4O3/c1-29-18-5-2-15(3-6-18)12-24-21(28)16-8-10-26(11-9-16)14-20(27)25-19-7-4-17(22)13-23-19/h2-7,13,16H,8-12,14H2,1H3,(H,24,28)(H,23,25,27). The van der Waals surface area contributed by atoms with E-state index >= 15 is 0 Å². The second kappa shape index (κ2) is 10.2. The van der Waals surface area contributed by atoms with Crippen molar-refractivity contribution >= 4 is 29.2 Å². The summed E-state index contributed by atoms with van der Waals surface area (Å²) in [5.41, 5.74) is 1.03. The Bertz CT molecular complexity index is 819. The van der Waals surface area contributed by atoms with Gasteiger partial charge in [-0.2, -0.15) is 0 Å². The second-order valence-electron chi connectivity index (χ2n) is 7.03. The lowest BCUT2D eigenvalue weighted by Crippen LogP contribution is -2.43. The molecule has 2 amide bonds. The van der Waals surface area contributed by atoms with E-state index in [4.69, 9.17) is 16.3 Å². The Morgan fingerprint density at radius 3 is 2.52 bits per heavy atom. The SMILES string of the molecule is COc1ccc(CNC(=O)C2CCN(CC(=O)Nc3ccc(Cl)cn3)CC2)cc1.